The fraction of sp³-hybridized carbons (Fsp3) is 0.120. The highest BCUT2D eigenvalue weighted by Gasteiger charge is 2.18. The minimum Gasteiger partial charge on any atom is -0.485 e. The first-order valence-corrected chi connectivity index (χ1v) is 10.5. The van der Waals surface area contributed by atoms with Crippen molar-refractivity contribution in [3.63, 3.8) is 0 Å². The summed E-state index contributed by atoms with van der Waals surface area (Å²) < 4.78 is 28.6. The van der Waals surface area contributed by atoms with E-state index in [1.807, 2.05) is 30.3 Å². The van der Waals surface area contributed by atoms with Crippen molar-refractivity contribution >= 4 is 11.6 Å². The van der Waals surface area contributed by atoms with Gasteiger partial charge in [-0.15, -0.1) is 0 Å². The van der Waals surface area contributed by atoms with E-state index in [4.69, 9.17) is 21.1 Å². The SMILES string of the molecule is Cc1cc(=O)n(-c2cc(Oc3ccccc3OCc3ccccc3)c(Cl)cc2F)c(=O)n1C. The normalized spacial score (nSPS) is 10.8. The molecule has 4 rings (SSSR count). The van der Waals surface area contributed by atoms with Gasteiger partial charge in [-0.2, -0.15) is 0 Å². The van der Waals surface area contributed by atoms with E-state index in [0.29, 0.717) is 23.8 Å². The molecule has 0 aliphatic heterocycles. The van der Waals surface area contributed by atoms with Gasteiger partial charge in [0.05, 0.1) is 10.7 Å². The molecule has 168 valence electrons. The average molecular weight is 467 g/mol. The Morgan fingerprint density at radius 2 is 1.58 bits per heavy atom. The molecule has 0 aliphatic rings. The second kappa shape index (κ2) is 9.34. The molecule has 3 aromatic carbocycles. The minimum absolute atomic E-state index is 0.0221. The van der Waals surface area contributed by atoms with Gasteiger partial charge in [-0.25, -0.2) is 13.8 Å². The summed E-state index contributed by atoms with van der Waals surface area (Å²) in [6, 6.07) is 20.1. The van der Waals surface area contributed by atoms with Crippen molar-refractivity contribution < 1.29 is 13.9 Å². The molecule has 33 heavy (non-hydrogen) atoms. The van der Waals surface area contributed by atoms with E-state index >= 15 is 0 Å². The van der Waals surface area contributed by atoms with E-state index < -0.39 is 17.1 Å². The number of benzene rings is 3. The van der Waals surface area contributed by atoms with Gasteiger partial charge in [0.15, 0.2) is 11.5 Å². The third-order valence-electron chi connectivity index (χ3n) is 5.11. The Morgan fingerprint density at radius 1 is 0.909 bits per heavy atom. The lowest BCUT2D eigenvalue weighted by atomic mass is 10.2. The quantitative estimate of drug-likeness (QED) is 0.401. The van der Waals surface area contributed by atoms with Crippen LogP contribution in [0.3, 0.4) is 0 Å². The fourth-order valence-corrected chi connectivity index (χ4v) is 3.42. The van der Waals surface area contributed by atoms with Crippen molar-refractivity contribution in [1.82, 2.24) is 9.13 Å². The predicted molar refractivity (Wildman–Crippen MR) is 124 cm³/mol. The van der Waals surface area contributed by atoms with Gasteiger partial charge in [0.2, 0.25) is 0 Å². The van der Waals surface area contributed by atoms with Crippen molar-refractivity contribution in [2.45, 2.75) is 13.5 Å². The lowest BCUT2D eigenvalue weighted by Gasteiger charge is -2.15. The number of para-hydroxylation sites is 2. The minimum atomic E-state index is -0.830. The second-order valence-electron chi connectivity index (χ2n) is 7.36. The largest absolute Gasteiger partial charge is 0.485 e. The van der Waals surface area contributed by atoms with Crippen LogP contribution in [0.15, 0.2) is 82.4 Å². The van der Waals surface area contributed by atoms with Crippen LogP contribution in [-0.2, 0) is 13.7 Å². The predicted octanol–water partition coefficient (Wildman–Crippen LogP) is 5.01. The van der Waals surface area contributed by atoms with E-state index in [1.165, 1.54) is 23.7 Å². The molecule has 0 aliphatic carbocycles. The highest BCUT2D eigenvalue weighted by molar-refractivity contribution is 6.32. The topological polar surface area (TPSA) is 62.5 Å². The number of rotatable bonds is 6. The Labute approximate surface area is 194 Å². The van der Waals surface area contributed by atoms with Crippen LogP contribution in [-0.4, -0.2) is 9.13 Å². The van der Waals surface area contributed by atoms with Gasteiger partial charge in [0, 0.05) is 24.9 Å². The highest BCUT2D eigenvalue weighted by atomic mass is 35.5. The van der Waals surface area contributed by atoms with Gasteiger partial charge in [-0.1, -0.05) is 54.1 Å². The first kappa shape index (κ1) is 22.4. The summed E-state index contributed by atoms with van der Waals surface area (Å²) in [7, 11) is 1.50. The number of hydrogen-bond acceptors (Lipinski definition) is 4. The molecule has 0 bridgehead atoms. The van der Waals surface area contributed by atoms with E-state index in [-0.39, 0.29) is 16.5 Å². The van der Waals surface area contributed by atoms with Crippen LogP contribution in [0, 0.1) is 12.7 Å². The maximum Gasteiger partial charge on any atom is 0.335 e. The third kappa shape index (κ3) is 4.68. The summed E-state index contributed by atoms with van der Waals surface area (Å²) >= 11 is 6.22. The van der Waals surface area contributed by atoms with Crippen molar-refractivity contribution in [2.75, 3.05) is 0 Å². The summed E-state index contributed by atoms with van der Waals surface area (Å²) in [5.74, 6) is 0.0335. The van der Waals surface area contributed by atoms with E-state index in [0.717, 1.165) is 16.2 Å². The average Bonchev–Trinajstić information content (AvgIpc) is 2.80. The Kier molecular flexibility index (Phi) is 6.33. The molecule has 0 unspecified atom stereocenters. The zero-order valence-electron chi connectivity index (χ0n) is 17.9. The van der Waals surface area contributed by atoms with Gasteiger partial charge in [-0.3, -0.25) is 4.79 Å². The molecule has 0 spiro atoms. The summed E-state index contributed by atoms with van der Waals surface area (Å²) in [6.07, 6.45) is 0. The standard InChI is InChI=1S/C25H20ClFN2O4/c1-16-12-24(30)29(25(31)28(16)2)20-14-23(18(26)13-19(20)27)33-22-11-7-6-10-21(22)32-15-17-8-4-3-5-9-17/h3-14H,15H2,1-2H3. The Bertz CT molecular complexity index is 1430. The van der Waals surface area contributed by atoms with Crippen molar-refractivity contribution in [3.05, 3.63) is 116 Å². The highest BCUT2D eigenvalue weighted by Crippen LogP contribution is 2.37. The number of ether oxygens (including phenoxy) is 2. The number of hydrogen-bond donors (Lipinski definition) is 0. The molecular formula is C25H20ClFN2O4. The Balaban J connectivity index is 1.71. The van der Waals surface area contributed by atoms with Crippen LogP contribution in [0.4, 0.5) is 4.39 Å². The lowest BCUT2D eigenvalue weighted by Crippen LogP contribution is -2.38. The molecule has 4 aromatic rings. The number of nitrogens with zero attached hydrogens (tertiary/aromatic N) is 2. The van der Waals surface area contributed by atoms with Crippen LogP contribution in [0.1, 0.15) is 11.3 Å². The molecule has 0 N–H and O–H groups in total. The molecule has 0 atom stereocenters. The lowest BCUT2D eigenvalue weighted by molar-refractivity contribution is 0.291. The molecule has 8 heteroatoms. The first-order valence-electron chi connectivity index (χ1n) is 10.1. The van der Waals surface area contributed by atoms with Gasteiger partial charge in [0.25, 0.3) is 5.56 Å². The summed E-state index contributed by atoms with van der Waals surface area (Å²) in [5, 5.41) is -0.0221. The summed E-state index contributed by atoms with van der Waals surface area (Å²) in [5.41, 5.74) is -0.170. The van der Waals surface area contributed by atoms with Crippen molar-refractivity contribution in [3.8, 4) is 22.9 Å². The molecule has 0 amide bonds. The molecule has 0 saturated carbocycles. The van der Waals surface area contributed by atoms with Gasteiger partial charge in [-0.05, 0) is 30.7 Å². The molecular weight excluding hydrogens is 447 g/mol. The zero-order chi connectivity index (χ0) is 23.5. The monoisotopic (exact) mass is 466 g/mol. The smallest absolute Gasteiger partial charge is 0.335 e. The van der Waals surface area contributed by atoms with Crippen molar-refractivity contribution in [1.29, 1.82) is 0 Å². The van der Waals surface area contributed by atoms with Crippen LogP contribution in [0.2, 0.25) is 5.02 Å². The molecule has 0 fully saturated rings. The molecule has 1 aromatic heterocycles. The van der Waals surface area contributed by atoms with E-state index in [1.54, 1.807) is 31.2 Å². The van der Waals surface area contributed by atoms with Gasteiger partial charge < -0.3 is 14.0 Å². The Hall–Kier alpha value is -3.84. The molecule has 6 nitrogen and oxygen atoms in total. The maximum absolute atomic E-state index is 14.8. The molecule has 1 heterocycles. The van der Waals surface area contributed by atoms with Crippen LogP contribution in [0.5, 0.6) is 17.2 Å². The molecule has 0 saturated heterocycles. The van der Waals surface area contributed by atoms with E-state index in [9.17, 15) is 14.0 Å². The number of halogens is 2. The first-order chi connectivity index (χ1) is 15.8. The van der Waals surface area contributed by atoms with Crippen LogP contribution < -0.4 is 20.7 Å². The Morgan fingerprint density at radius 3 is 2.30 bits per heavy atom. The number of aromatic nitrogens is 2. The second-order valence-corrected chi connectivity index (χ2v) is 7.77. The van der Waals surface area contributed by atoms with Crippen LogP contribution in [0.25, 0.3) is 5.69 Å². The van der Waals surface area contributed by atoms with Crippen LogP contribution >= 0.6 is 11.6 Å². The van der Waals surface area contributed by atoms with Gasteiger partial charge >= 0.3 is 5.69 Å². The summed E-state index contributed by atoms with van der Waals surface area (Å²) in [6.45, 7) is 1.94. The molecule has 0 radical (unpaired) electrons. The third-order valence-corrected chi connectivity index (χ3v) is 5.40. The number of aryl methyl sites for hydroxylation is 1. The van der Waals surface area contributed by atoms with E-state index in [2.05, 4.69) is 0 Å². The maximum atomic E-state index is 14.8. The zero-order valence-corrected chi connectivity index (χ0v) is 18.7. The fourth-order valence-electron chi connectivity index (χ4n) is 3.23. The summed E-state index contributed by atoms with van der Waals surface area (Å²) in [4.78, 5) is 25.1. The van der Waals surface area contributed by atoms with Gasteiger partial charge in [0.1, 0.15) is 18.2 Å². The van der Waals surface area contributed by atoms with Crippen molar-refractivity contribution in [2.24, 2.45) is 7.05 Å².